The van der Waals surface area contributed by atoms with Crippen LogP contribution in [0.25, 0.3) is 0 Å². The number of nitrogens with zero attached hydrogens (tertiary/aromatic N) is 3. The summed E-state index contributed by atoms with van der Waals surface area (Å²) in [5.41, 5.74) is 2.66. The number of anilines is 1. The van der Waals surface area contributed by atoms with Gasteiger partial charge in [0, 0.05) is 13.0 Å². The SMILES string of the molecule is Cc1nc2c(s1)C(N(C)C(=O)Nc1c(C)noc1C1CC1)CCC2. The number of aryl methyl sites for hydroxylation is 3. The highest BCUT2D eigenvalue weighted by Crippen LogP contribution is 2.44. The molecule has 0 spiro atoms. The van der Waals surface area contributed by atoms with Crippen LogP contribution in [0, 0.1) is 13.8 Å². The maximum absolute atomic E-state index is 12.8. The molecule has 0 bridgehead atoms. The van der Waals surface area contributed by atoms with E-state index in [1.165, 1.54) is 4.88 Å². The molecule has 4 rings (SSSR count). The van der Waals surface area contributed by atoms with Gasteiger partial charge in [-0.3, -0.25) is 0 Å². The molecule has 2 aliphatic carbocycles. The zero-order chi connectivity index (χ0) is 16.8. The molecule has 0 radical (unpaired) electrons. The Morgan fingerprint density at radius 3 is 2.88 bits per heavy atom. The van der Waals surface area contributed by atoms with Gasteiger partial charge in [0.25, 0.3) is 0 Å². The lowest BCUT2D eigenvalue weighted by Crippen LogP contribution is -2.36. The van der Waals surface area contributed by atoms with Crippen molar-refractivity contribution in [3.63, 3.8) is 0 Å². The molecule has 1 fully saturated rings. The van der Waals surface area contributed by atoms with Crippen molar-refractivity contribution in [3.8, 4) is 0 Å². The van der Waals surface area contributed by atoms with E-state index in [0.717, 1.165) is 59.9 Å². The first-order chi connectivity index (χ1) is 11.5. The quantitative estimate of drug-likeness (QED) is 0.905. The fourth-order valence-corrected chi connectivity index (χ4v) is 4.54. The Kier molecular flexibility index (Phi) is 3.83. The van der Waals surface area contributed by atoms with Crippen LogP contribution in [0.2, 0.25) is 0 Å². The van der Waals surface area contributed by atoms with E-state index < -0.39 is 0 Å². The molecule has 6 nitrogen and oxygen atoms in total. The van der Waals surface area contributed by atoms with Crippen LogP contribution in [-0.2, 0) is 6.42 Å². The first-order valence-electron chi connectivity index (χ1n) is 8.50. The lowest BCUT2D eigenvalue weighted by Gasteiger charge is -2.30. The normalized spacial score (nSPS) is 19.9. The number of thiazole rings is 1. The molecular formula is C17H22N4O2S. The van der Waals surface area contributed by atoms with Crippen LogP contribution in [0.3, 0.4) is 0 Å². The topological polar surface area (TPSA) is 71.3 Å². The van der Waals surface area contributed by atoms with E-state index in [0.29, 0.717) is 5.92 Å². The Hall–Kier alpha value is -1.89. The van der Waals surface area contributed by atoms with Crippen molar-refractivity contribution in [1.82, 2.24) is 15.0 Å². The highest BCUT2D eigenvalue weighted by atomic mass is 32.1. The smallest absolute Gasteiger partial charge is 0.322 e. The average Bonchev–Trinajstić information content (AvgIpc) is 3.23. The summed E-state index contributed by atoms with van der Waals surface area (Å²) >= 11 is 1.71. The summed E-state index contributed by atoms with van der Waals surface area (Å²) in [6.07, 6.45) is 5.29. The van der Waals surface area contributed by atoms with Gasteiger partial charge in [-0.15, -0.1) is 11.3 Å². The molecule has 2 aromatic rings. The van der Waals surface area contributed by atoms with E-state index in [9.17, 15) is 4.79 Å². The van der Waals surface area contributed by atoms with E-state index >= 15 is 0 Å². The molecule has 2 amide bonds. The second-order valence-electron chi connectivity index (χ2n) is 6.77. The minimum absolute atomic E-state index is 0.101. The van der Waals surface area contributed by atoms with Crippen molar-refractivity contribution >= 4 is 23.1 Å². The van der Waals surface area contributed by atoms with Gasteiger partial charge in [-0.1, -0.05) is 5.16 Å². The lowest BCUT2D eigenvalue weighted by atomic mass is 9.97. The lowest BCUT2D eigenvalue weighted by molar-refractivity contribution is 0.198. The zero-order valence-corrected chi connectivity index (χ0v) is 15.1. The van der Waals surface area contributed by atoms with Gasteiger partial charge in [0.15, 0.2) is 5.76 Å². The third kappa shape index (κ3) is 2.70. The number of rotatable bonds is 3. The Bertz CT molecular complexity index is 778. The van der Waals surface area contributed by atoms with Crippen LogP contribution >= 0.6 is 11.3 Å². The van der Waals surface area contributed by atoms with Crippen molar-refractivity contribution in [2.24, 2.45) is 0 Å². The summed E-state index contributed by atoms with van der Waals surface area (Å²) in [5, 5.41) is 8.13. The highest BCUT2D eigenvalue weighted by Gasteiger charge is 2.34. The number of hydrogen-bond acceptors (Lipinski definition) is 5. The predicted molar refractivity (Wildman–Crippen MR) is 92.5 cm³/mol. The first kappa shape index (κ1) is 15.6. The number of amides is 2. The first-order valence-corrected chi connectivity index (χ1v) is 9.32. The number of carbonyl (C=O) groups is 1. The van der Waals surface area contributed by atoms with Crippen LogP contribution in [0.15, 0.2) is 4.52 Å². The molecule has 2 aromatic heterocycles. The maximum Gasteiger partial charge on any atom is 0.322 e. The van der Waals surface area contributed by atoms with Crippen LogP contribution in [0.5, 0.6) is 0 Å². The maximum atomic E-state index is 12.8. The van der Waals surface area contributed by atoms with Crippen molar-refractivity contribution in [3.05, 3.63) is 27.0 Å². The van der Waals surface area contributed by atoms with E-state index in [4.69, 9.17) is 4.52 Å². The van der Waals surface area contributed by atoms with Crippen LogP contribution in [0.4, 0.5) is 10.5 Å². The molecule has 2 heterocycles. The van der Waals surface area contributed by atoms with Gasteiger partial charge in [-0.05, 0) is 46.0 Å². The van der Waals surface area contributed by atoms with E-state index in [-0.39, 0.29) is 12.1 Å². The molecule has 1 N–H and O–H groups in total. The summed E-state index contributed by atoms with van der Waals surface area (Å²) in [5.74, 6) is 1.24. The summed E-state index contributed by atoms with van der Waals surface area (Å²) in [7, 11) is 1.86. The molecule has 1 saturated carbocycles. The fourth-order valence-electron chi connectivity index (χ4n) is 3.39. The monoisotopic (exact) mass is 346 g/mol. The number of urea groups is 1. The number of hydrogen-bond donors (Lipinski definition) is 1. The molecule has 24 heavy (non-hydrogen) atoms. The van der Waals surface area contributed by atoms with Crippen molar-refractivity contribution in [2.45, 2.75) is 57.9 Å². The molecular weight excluding hydrogens is 324 g/mol. The largest absolute Gasteiger partial charge is 0.359 e. The number of fused-ring (bicyclic) bond motifs is 1. The average molecular weight is 346 g/mol. The zero-order valence-electron chi connectivity index (χ0n) is 14.3. The number of aromatic nitrogens is 2. The van der Waals surface area contributed by atoms with E-state index in [1.54, 1.807) is 16.2 Å². The third-order valence-electron chi connectivity index (χ3n) is 4.89. The standard InChI is InChI=1S/C17H22N4O2S/c1-9-14(15(23-20-9)11-7-8-11)19-17(22)21(3)13-6-4-5-12-16(13)24-10(2)18-12/h11,13H,4-8H2,1-3H3,(H,19,22). The van der Waals surface area contributed by atoms with E-state index in [1.807, 2.05) is 20.9 Å². The highest BCUT2D eigenvalue weighted by molar-refractivity contribution is 7.11. The van der Waals surface area contributed by atoms with Crippen LogP contribution in [-0.4, -0.2) is 28.1 Å². The van der Waals surface area contributed by atoms with Gasteiger partial charge in [-0.25, -0.2) is 9.78 Å². The van der Waals surface area contributed by atoms with Crippen LogP contribution < -0.4 is 5.32 Å². The van der Waals surface area contributed by atoms with Gasteiger partial charge in [0.1, 0.15) is 11.4 Å². The summed E-state index contributed by atoms with van der Waals surface area (Å²) in [6.45, 7) is 3.90. The van der Waals surface area contributed by atoms with Gasteiger partial charge in [0.2, 0.25) is 0 Å². The molecule has 1 atom stereocenters. The molecule has 2 aliphatic rings. The van der Waals surface area contributed by atoms with Crippen LogP contribution in [0.1, 0.15) is 64.7 Å². The summed E-state index contributed by atoms with van der Waals surface area (Å²) < 4.78 is 5.41. The molecule has 0 aromatic carbocycles. The predicted octanol–water partition coefficient (Wildman–Crippen LogP) is 4.17. The van der Waals surface area contributed by atoms with Crippen molar-refractivity contribution in [1.29, 1.82) is 0 Å². The Morgan fingerprint density at radius 1 is 1.33 bits per heavy atom. The molecule has 7 heteroatoms. The molecule has 1 unspecified atom stereocenters. The molecule has 0 aliphatic heterocycles. The number of carbonyl (C=O) groups excluding carboxylic acids is 1. The van der Waals surface area contributed by atoms with Gasteiger partial charge >= 0.3 is 6.03 Å². The second-order valence-corrected chi connectivity index (χ2v) is 8.01. The van der Waals surface area contributed by atoms with Crippen molar-refractivity contribution in [2.75, 3.05) is 12.4 Å². The Balaban J connectivity index is 1.54. The fraction of sp³-hybridized carbons (Fsp3) is 0.588. The van der Waals surface area contributed by atoms with Crippen molar-refractivity contribution < 1.29 is 9.32 Å². The Labute approximate surface area is 145 Å². The van der Waals surface area contributed by atoms with E-state index in [2.05, 4.69) is 15.5 Å². The van der Waals surface area contributed by atoms with Gasteiger partial charge < -0.3 is 14.7 Å². The number of nitrogens with one attached hydrogen (secondary N) is 1. The Morgan fingerprint density at radius 2 is 2.12 bits per heavy atom. The second kappa shape index (κ2) is 5.88. The summed E-state index contributed by atoms with van der Waals surface area (Å²) in [4.78, 5) is 20.5. The molecule has 0 saturated heterocycles. The minimum atomic E-state index is -0.105. The van der Waals surface area contributed by atoms with Gasteiger partial charge in [0.05, 0.1) is 21.6 Å². The third-order valence-corrected chi connectivity index (χ3v) is 6.00. The minimum Gasteiger partial charge on any atom is -0.359 e. The summed E-state index contributed by atoms with van der Waals surface area (Å²) in [6, 6.07) is -0.00315. The van der Waals surface area contributed by atoms with Gasteiger partial charge in [-0.2, -0.15) is 0 Å². The molecule has 128 valence electrons.